The molecule has 2 amide bonds. The average Bonchev–Trinajstić information content (AvgIpc) is 3.01. The van der Waals surface area contributed by atoms with Crippen molar-refractivity contribution in [3.8, 4) is 0 Å². The number of benzene rings is 2. The van der Waals surface area contributed by atoms with Crippen molar-refractivity contribution in [1.82, 2.24) is 4.90 Å². The molecule has 0 saturated carbocycles. The number of anilines is 1. The number of aryl methyl sites for hydroxylation is 2. The number of hydrogen-bond acceptors (Lipinski definition) is 3. The molecule has 27 heavy (non-hydrogen) atoms. The van der Waals surface area contributed by atoms with Gasteiger partial charge < -0.3 is 4.90 Å². The molecule has 0 bridgehead atoms. The van der Waals surface area contributed by atoms with Crippen molar-refractivity contribution >= 4 is 21.6 Å². The first kappa shape index (κ1) is 18.0. The van der Waals surface area contributed by atoms with Gasteiger partial charge >= 0.3 is 6.03 Å². The number of urea groups is 1. The summed E-state index contributed by atoms with van der Waals surface area (Å²) in [4.78, 5) is 16.4. The highest BCUT2D eigenvalue weighted by Gasteiger charge is 2.54. The fraction of sp³-hybridized carbons (Fsp3) is 0.350. The summed E-state index contributed by atoms with van der Waals surface area (Å²) in [5, 5.41) is 0. The number of fused-ring (bicyclic) bond motifs is 1. The molecule has 0 aliphatic carbocycles. The van der Waals surface area contributed by atoms with Crippen LogP contribution in [0.15, 0.2) is 42.5 Å². The molecule has 0 unspecified atom stereocenters. The van der Waals surface area contributed by atoms with Crippen molar-refractivity contribution in [2.24, 2.45) is 0 Å². The van der Waals surface area contributed by atoms with Crippen LogP contribution in [0.3, 0.4) is 0 Å². The van der Waals surface area contributed by atoms with Crippen LogP contribution in [-0.2, 0) is 16.4 Å². The van der Waals surface area contributed by atoms with E-state index >= 15 is 0 Å². The molecular weight excluding hydrogens is 367 g/mol. The first-order valence-corrected chi connectivity index (χ1v) is 10.7. The summed E-state index contributed by atoms with van der Waals surface area (Å²) < 4.78 is 38.2. The molecule has 2 atom stereocenters. The summed E-state index contributed by atoms with van der Waals surface area (Å²) >= 11 is 0. The van der Waals surface area contributed by atoms with Crippen molar-refractivity contribution in [1.29, 1.82) is 0 Å². The lowest BCUT2D eigenvalue weighted by molar-refractivity contribution is 0.205. The summed E-state index contributed by atoms with van der Waals surface area (Å²) in [5.41, 5.74) is 3.32. The zero-order valence-electron chi connectivity index (χ0n) is 15.2. The monoisotopic (exact) mass is 388 g/mol. The Kier molecular flexibility index (Phi) is 4.22. The van der Waals surface area contributed by atoms with E-state index in [1.165, 1.54) is 12.1 Å². The molecule has 0 radical (unpaired) electrons. The van der Waals surface area contributed by atoms with Crippen molar-refractivity contribution in [2.75, 3.05) is 16.4 Å². The summed E-state index contributed by atoms with van der Waals surface area (Å²) in [6.07, 6.45) is 0. The molecule has 2 aliphatic rings. The Morgan fingerprint density at radius 2 is 1.81 bits per heavy atom. The Labute approximate surface area is 158 Å². The number of carbonyl (C=O) groups excluding carboxylic acids is 1. The second-order valence-electron chi connectivity index (χ2n) is 7.41. The number of hydrogen-bond donors (Lipinski definition) is 0. The number of sulfone groups is 1. The van der Waals surface area contributed by atoms with Crippen LogP contribution in [0.5, 0.6) is 0 Å². The van der Waals surface area contributed by atoms with E-state index in [1.807, 2.05) is 32.0 Å². The minimum absolute atomic E-state index is 0.0452. The zero-order chi connectivity index (χ0) is 19.3. The van der Waals surface area contributed by atoms with Crippen LogP contribution in [0.25, 0.3) is 0 Å². The standard InChI is InChI=1S/C20H21FN2O3S/c1-13-6-7-14(2)17(8-13)23-19-12-27(25,26)11-18(19)22(20(23)24)10-15-4-3-5-16(21)9-15/h3-9,18-19H,10-12H2,1-2H3/t18-,19+/m0/s1. The third-order valence-electron chi connectivity index (χ3n) is 5.34. The topological polar surface area (TPSA) is 57.7 Å². The van der Waals surface area contributed by atoms with Gasteiger partial charge in [0.05, 0.1) is 23.6 Å². The van der Waals surface area contributed by atoms with Crippen molar-refractivity contribution < 1.29 is 17.6 Å². The maximum absolute atomic E-state index is 13.6. The minimum atomic E-state index is -3.24. The fourth-order valence-corrected chi connectivity index (χ4v) is 6.00. The molecule has 0 aromatic heterocycles. The maximum atomic E-state index is 13.6. The number of halogens is 1. The van der Waals surface area contributed by atoms with Crippen LogP contribution in [0.4, 0.5) is 14.9 Å². The quantitative estimate of drug-likeness (QED) is 0.760. The lowest BCUT2D eigenvalue weighted by Crippen LogP contribution is -2.38. The highest BCUT2D eigenvalue weighted by molar-refractivity contribution is 7.91. The molecule has 2 fully saturated rings. The first-order valence-electron chi connectivity index (χ1n) is 8.87. The fourth-order valence-electron chi connectivity index (χ4n) is 4.05. The summed E-state index contributed by atoms with van der Waals surface area (Å²) in [6.45, 7) is 4.04. The van der Waals surface area contributed by atoms with Crippen LogP contribution >= 0.6 is 0 Å². The van der Waals surface area contributed by atoms with E-state index in [4.69, 9.17) is 0 Å². The second-order valence-corrected chi connectivity index (χ2v) is 9.57. The number of nitrogens with zero attached hydrogens (tertiary/aromatic N) is 2. The van der Waals surface area contributed by atoms with Crippen LogP contribution in [0.1, 0.15) is 16.7 Å². The van der Waals surface area contributed by atoms with Crippen LogP contribution in [0, 0.1) is 19.7 Å². The van der Waals surface area contributed by atoms with Crippen molar-refractivity contribution in [3.63, 3.8) is 0 Å². The summed E-state index contributed by atoms with van der Waals surface area (Å²) in [7, 11) is -3.24. The maximum Gasteiger partial charge on any atom is 0.325 e. The predicted molar refractivity (Wildman–Crippen MR) is 102 cm³/mol. The Balaban J connectivity index is 1.75. The number of amides is 2. The molecule has 5 nitrogen and oxygen atoms in total. The van der Waals surface area contributed by atoms with E-state index in [0.29, 0.717) is 5.56 Å². The smallest absolute Gasteiger partial charge is 0.314 e. The third-order valence-corrected chi connectivity index (χ3v) is 7.04. The lowest BCUT2D eigenvalue weighted by atomic mass is 10.1. The van der Waals surface area contributed by atoms with Gasteiger partial charge in [0.1, 0.15) is 5.82 Å². The van der Waals surface area contributed by atoms with Gasteiger partial charge in [-0.05, 0) is 48.7 Å². The van der Waals surface area contributed by atoms with E-state index in [-0.39, 0.29) is 29.9 Å². The Bertz CT molecular complexity index is 1020. The molecule has 0 spiro atoms. The highest BCUT2D eigenvalue weighted by atomic mass is 32.2. The molecule has 2 aromatic rings. The molecule has 2 heterocycles. The predicted octanol–water partition coefficient (Wildman–Crippen LogP) is 3.05. The van der Waals surface area contributed by atoms with Crippen LogP contribution in [0.2, 0.25) is 0 Å². The van der Waals surface area contributed by atoms with Gasteiger partial charge in [0, 0.05) is 12.2 Å². The molecular formula is C20H21FN2O3S. The summed E-state index contributed by atoms with van der Waals surface area (Å²) in [5.74, 6) is -0.475. The van der Waals surface area contributed by atoms with E-state index in [1.54, 1.807) is 21.9 Å². The normalized spacial score (nSPS) is 23.7. The van der Waals surface area contributed by atoms with E-state index in [0.717, 1.165) is 16.8 Å². The van der Waals surface area contributed by atoms with Crippen molar-refractivity contribution in [2.45, 2.75) is 32.5 Å². The van der Waals surface area contributed by atoms with Gasteiger partial charge in [-0.1, -0.05) is 24.3 Å². The van der Waals surface area contributed by atoms with Gasteiger partial charge in [0.25, 0.3) is 0 Å². The van der Waals surface area contributed by atoms with Gasteiger partial charge in [-0.25, -0.2) is 17.6 Å². The third kappa shape index (κ3) is 3.20. The molecule has 0 N–H and O–H groups in total. The lowest BCUT2D eigenvalue weighted by Gasteiger charge is -2.24. The number of rotatable bonds is 3. The van der Waals surface area contributed by atoms with Crippen LogP contribution in [-0.4, -0.2) is 42.9 Å². The van der Waals surface area contributed by atoms with Gasteiger partial charge in [0.2, 0.25) is 0 Å². The highest BCUT2D eigenvalue weighted by Crippen LogP contribution is 2.37. The SMILES string of the molecule is Cc1ccc(C)c(N2C(=O)N(Cc3cccc(F)c3)[C@H]3CS(=O)(=O)C[C@H]32)c1. The molecule has 142 valence electrons. The van der Waals surface area contributed by atoms with Crippen molar-refractivity contribution in [3.05, 3.63) is 65.0 Å². The molecule has 7 heteroatoms. The zero-order valence-corrected chi connectivity index (χ0v) is 16.0. The largest absolute Gasteiger partial charge is 0.325 e. The summed E-state index contributed by atoms with van der Waals surface area (Å²) in [6, 6.07) is 10.8. The Morgan fingerprint density at radius 1 is 1.07 bits per heavy atom. The van der Waals surface area contributed by atoms with Gasteiger partial charge in [-0.15, -0.1) is 0 Å². The van der Waals surface area contributed by atoms with E-state index in [9.17, 15) is 17.6 Å². The second kappa shape index (κ2) is 6.34. The van der Waals surface area contributed by atoms with Crippen LogP contribution < -0.4 is 4.90 Å². The van der Waals surface area contributed by atoms with Gasteiger partial charge in [0.15, 0.2) is 9.84 Å². The first-order chi connectivity index (χ1) is 12.7. The molecule has 2 aliphatic heterocycles. The number of carbonyl (C=O) groups is 1. The Morgan fingerprint density at radius 3 is 2.56 bits per heavy atom. The molecule has 4 rings (SSSR count). The van der Waals surface area contributed by atoms with Gasteiger partial charge in [-0.3, -0.25) is 4.90 Å². The molecule has 2 saturated heterocycles. The van der Waals surface area contributed by atoms with E-state index < -0.39 is 21.9 Å². The average molecular weight is 388 g/mol. The Hall–Kier alpha value is -2.41. The van der Waals surface area contributed by atoms with E-state index in [2.05, 4.69) is 0 Å². The van der Waals surface area contributed by atoms with Gasteiger partial charge in [-0.2, -0.15) is 0 Å². The minimum Gasteiger partial charge on any atom is -0.314 e. The molecule has 2 aromatic carbocycles.